The number of likely N-dealkylation sites (tertiary alicyclic amines) is 1. The molecule has 2 fully saturated rings. The van der Waals surface area contributed by atoms with Gasteiger partial charge in [0, 0.05) is 30.8 Å². The number of esters is 1. The van der Waals surface area contributed by atoms with Gasteiger partial charge in [-0.05, 0) is 42.3 Å². The highest BCUT2D eigenvalue weighted by atomic mass is 32.1. The van der Waals surface area contributed by atoms with Crippen LogP contribution in [0.2, 0.25) is 0 Å². The van der Waals surface area contributed by atoms with Crippen LogP contribution >= 0.6 is 11.3 Å². The van der Waals surface area contributed by atoms with E-state index in [2.05, 4.69) is 0 Å². The van der Waals surface area contributed by atoms with E-state index in [0.717, 1.165) is 17.7 Å². The van der Waals surface area contributed by atoms with Gasteiger partial charge in [-0.15, -0.1) is 11.3 Å². The molecule has 0 radical (unpaired) electrons. The van der Waals surface area contributed by atoms with Crippen molar-refractivity contribution >= 4 is 40.7 Å². The quantitative estimate of drug-likeness (QED) is 0.572. The van der Waals surface area contributed by atoms with Crippen LogP contribution in [0.5, 0.6) is 0 Å². The molecule has 184 valence electrons. The lowest BCUT2D eigenvalue weighted by Crippen LogP contribution is -2.69. The molecule has 1 aromatic heterocycles. The highest BCUT2D eigenvalue weighted by Gasteiger charge is 2.62. The maximum atomic E-state index is 13.7. The van der Waals surface area contributed by atoms with Crippen molar-refractivity contribution in [1.29, 1.82) is 0 Å². The summed E-state index contributed by atoms with van der Waals surface area (Å²) in [5.74, 6) is -1.48. The van der Waals surface area contributed by atoms with Crippen molar-refractivity contribution in [2.75, 3.05) is 24.6 Å². The number of carbonyl (C=O) groups is 4. The van der Waals surface area contributed by atoms with E-state index >= 15 is 0 Å². The van der Waals surface area contributed by atoms with Crippen molar-refractivity contribution in [2.24, 2.45) is 5.92 Å². The molecule has 4 heterocycles. The molecule has 2 unspecified atom stereocenters. The van der Waals surface area contributed by atoms with E-state index in [9.17, 15) is 19.2 Å². The second kappa shape index (κ2) is 9.11. The van der Waals surface area contributed by atoms with Crippen molar-refractivity contribution in [1.82, 2.24) is 9.80 Å². The molecule has 0 saturated carbocycles. The van der Waals surface area contributed by atoms with Gasteiger partial charge in [-0.25, -0.2) is 4.79 Å². The van der Waals surface area contributed by atoms with Crippen LogP contribution < -0.4 is 4.90 Å². The molecular weight excluding hydrogens is 466 g/mol. The van der Waals surface area contributed by atoms with Crippen LogP contribution in [0.1, 0.15) is 60.8 Å². The van der Waals surface area contributed by atoms with Gasteiger partial charge in [-0.3, -0.25) is 19.3 Å². The van der Waals surface area contributed by atoms with E-state index in [0.29, 0.717) is 17.8 Å². The molecule has 0 N–H and O–H groups in total. The molecular formula is C26H29N3O5S. The number of thiophene rings is 1. The number of amides is 3. The number of hydrogen-bond acceptors (Lipinski definition) is 6. The third kappa shape index (κ3) is 3.82. The van der Waals surface area contributed by atoms with Crippen LogP contribution in [0, 0.1) is 5.92 Å². The zero-order valence-corrected chi connectivity index (χ0v) is 20.8. The van der Waals surface area contributed by atoms with Crippen molar-refractivity contribution in [3.05, 3.63) is 52.2 Å². The molecule has 1 aromatic carbocycles. The molecule has 0 aliphatic carbocycles. The number of nitrogens with zero attached hydrogens (tertiary/aromatic N) is 3. The highest BCUT2D eigenvalue weighted by molar-refractivity contribution is 7.10. The number of ether oxygens (including phenoxy) is 1. The number of anilines is 1. The summed E-state index contributed by atoms with van der Waals surface area (Å²) in [6, 6.07) is 10.8. The van der Waals surface area contributed by atoms with Gasteiger partial charge in [0.15, 0.2) is 6.61 Å². The van der Waals surface area contributed by atoms with Gasteiger partial charge in [0.05, 0.1) is 17.3 Å². The van der Waals surface area contributed by atoms with Crippen LogP contribution in [0.25, 0.3) is 0 Å². The van der Waals surface area contributed by atoms with E-state index in [4.69, 9.17) is 4.74 Å². The maximum Gasteiger partial charge on any atom is 0.354 e. The molecule has 9 heteroatoms. The van der Waals surface area contributed by atoms with E-state index in [1.54, 1.807) is 40.5 Å². The minimum Gasteiger partial charge on any atom is -0.452 e. The SMILES string of the molecule is CC(C)CN1C(=O)c2ccccc2N2C(=O)CCC12C(=O)OCC(=O)N1CCCC1c1cccs1. The van der Waals surface area contributed by atoms with Crippen molar-refractivity contribution in [2.45, 2.75) is 51.2 Å². The number of hydrogen-bond donors (Lipinski definition) is 0. The fourth-order valence-electron chi connectivity index (χ4n) is 5.53. The summed E-state index contributed by atoms with van der Waals surface area (Å²) in [6.45, 7) is 4.38. The zero-order valence-electron chi connectivity index (χ0n) is 19.9. The summed E-state index contributed by atoms with van der Waals surface area (Å²) in [6.07, 6.45) is 2.01. The first-order valence-electron chi connectivity index (χ1n) is 12.1. The molecule has 0 bridgehead atoms. The second-order valence-corrected chi connectivity index (χ2v) is 10.7. The van der Waals surface area contributed by atoms with Crippen LogP contribution in [0.4, 0.5) is 5.69 Å². The van der Waals surface area contributed by atoms with Crippen LogP contribution in [0.15, 0.2) is 41.8 Å². The molecule has 3 aliphatic rings. The Morgan fingerprint density at radius 2 is 1.97 bits per heavy atom. The summed E-state index contributed by atoms with van der Waals surface area (Å²) >= 11 is 1.61. The van der Waals surface area contributed by atoms with Gasteiger partial charge in [-0.1, -0.05) is 32.0 Å². The van der Waals surface area contributed by atoms with Crippen molar-refractivity contribution < 1.29 is 23.9 Å². The summed E-state index contributed by atoms with van der Waals surface area (Å²) in [5.41, 5.74) is -0.773. The first-order chi connectivity index (χ1) is 16.8. The summed E-state index contributed by atoms with van der Waals surface area (Å²) in [7, 11) is 0. The lowest BCUT2D eigenvalue weighted by molar-refractivity contribution is -0.162. The fourth-order valence-corrected chi connectivity index (χ4v) is 6.41. The number of benzene rings is 1. The first kappa shape index (κ1) is 23.5. The molecule has 2 aromatic rings. The van der Waals surface area contributed by atoms with Gasteiger partial charge in [0.2, 0.25) is 11.6 Å². The number of rotatable bonds is 6. The summed E-state index contributed by atoms with van der Waals surface area (Å²) in [4.78, 5) is 59.2. The lowest BCUT2D eigenvalue weighted by atomic mass is 9.95. The molecule has 3 aliphatic heterocycles. The van der Waals surface area contributed by atoms with Gasteiger partial charge >= 0.3 is 5.97 Å². The Morgan fingerprint density at radius 1 is 1.17 bits per heavy atom. The van der Waals surface area contributed by atoms with Crippen molar-refractivity contribution in [3.63, 3.8) is 0 Å². The smallest absolute Gasteiger partial charge is 0.354 e. The third-order valence-corrected chi connectivity index (χ3v) is 7.99. The number of fused-ring (bicyclic) bond motifs is 3. The van der Waals surface area contributed by atoms with Gasteiger partial charge < -0.3 is 14.5 Å². The Labute approximate surface area is 208 Å². The topological polar surface area (TPSA) is 87.2 Å². The Hall–Kier alpha value is -3.20. The van der Waals surface area contributed by atoms with Gasteiger partial charge in [0.1, 0.15) is 0 Å². The summed E-state index contributed by atoms with van der Waals surface area (Å²) < 4.78 is 5.64. The van der Waals surface area contributed by atoms with Crippen LogP contribution in [-0.2, 0) is 19.1 Å². The average Bonchev–Trinajstić information content (AvgIpc) is 3.60. The first-order valence-corrected chi connectivity index (χ1v) is 13.0. The molecule has 3 amide bonds. The highest BCUT2D eigenvalue weighted by Crippen LogP contribution is 2.45. The standard InChI is InChI=1S/C26H29N3O5S/c1-17(2)15-28-24(32)18-7-3-4-8-19(18)29-22(30)11-12-26(28,29)25(33)34-16-23(31)27-13-5-9-20(27)21-10-6-14-35-21/h3-4,6-8,10,14,17,20H,5,9,11-13,15-16H2,1-2H3. The molecule has 2 saturated heterocycles. The minimum atomic E-state index is -1.58. The Kier molecular flexibility index (Phi) is 6.13. The number of carbonyl (C=O) groups excluding carboxylic acids is 4. The minimum absolute atomic E-state index is 0.00973. The second-order valence-electron chi connectivity index (χ2n) is 9.71. The van der Waals surface area contributed by atoms with E-state index in [-0.39, 0.29) is 49.1 Å². The van der Waals surface area contributed by atoms with Gasteiger partial charge in [-0.2, -0.15) is 0 Å². The van der Waals surface area contributed by atoms with E-state index in [1.807, 2.05) is 31.4 Å². The van der Waals surface area contributed by atoms with Gasteiger partial charge in [0.25, 0.3) is 11.8 Å². The van der Waals surface area contributed by atoms with Crippen LogP contribution in [0.3, 0.4) is 0 Å². The Bertz CT molecular complexity index is 1160. The predicted octanol–water partition coefficient (Wildman–Crippen LogP) is 3.59. The zero-order chi connectivity index (χ0) is 24.7. The molecule has 0 spiro atoms. The molecule has 8 nitrogen and oxygen atoms in total. The normalized spacial score (nSPS) is 23.6. The molecule has 5 rings (SSSR count). The molecule has 2 atom stereocenters. The van der Waals surface area contributed by atoms with Crippen LogP contribution in [-0.4, -0.2) is 58.8 Å². The lowest BCUT2D eigenvalue weighted by Gasteiger charge is -2.48. The Morgan fingerprint density at radius 3 is 2.71 bits per heavy atom. The fraction of sp³-hybridized carbons (Fsp3) is 0.462. The number of para-hydroxylation sites is 1. The van der Waals surface area contributed by atoms with E-state index < -0.39 is 18.2 Å². The summed E-state index contributed by atoms with van der Waals surface area (Å²) in [5, 5.41) is 1.99. The molecule has 35 heavy (non-hydrogen) atoms. The average molecular weight is 496 g/mol. The maximum absolute atomic E-state index is 13.7. The largest absolute Gasteiger partial charge is 0.452 e. The Balaban J connectivity index is 1.42. The van der Waals surface area contributed by atoms with E-state index in [1.165, 1.54) is 9.80 Å². The monoisotopic (exact) mass is 495 g/mol. The van der Waals surface area contributed by atoms with Crippen molar-refractivity contribution in [3.8, 4) is 0 Å². The third-order valence-electron chi connectivity index (χ3n) is 7.02. The predicted molar refractivity (Wildman–Crippen MR) is 131 cm³/mol.